The summed E-state index contributed by atoms with van der Waals surface area (Å²) >= 11 is 3.14. The van der Waals surface area contributed by atoms with Crippen molar-refractivity contribution in [2.24, 2.45) is 0 Å². The Balaban J connectivity index is 2.32. The van der Waals surface area contributed by atoms with Crippen molar-refractivity contribution < 1.29 is 14.5 Å². The third-order valence-corrected chi connectivity index (χ3v) is 3.18. The summed E-state index contributed by atoms with van der Waals surface area (Å²) in [4.78, 5) is 21.8. The van der Waals surface area contributed by atoms with Gasteiger partial charge in [0.05, 0.1) is 9.40 Å². The van der Waals surface area contributed by atoms with Gasteiger partial charge in [-0.15, -0.1) is 0 Å². The molecule has 0 spiro atoms. The maximum absolute atomic E-state index is 11.4. The first-order chi connectivity index (χ1) is 10.2. The van der Waals surface area contributed by atoms with Gasteiger partial charge in [0.1, 0.15) is 5.60 Å². The molecule has 1 amide bonds. The minimum Gasteiger partial charge on any atom is -0.444 e. The maximum Gasteiger partial charge on any atom is 0.407 e. The molecule has 0 aliphatic heterocycles. The molecule has 0 bridgehead atoms. The Morgan fingerprint density at radius 1 is 1.36 bits per heavy atom. The van der Waals surface area contributed by atoms with Gasteiger partial charge in [-0.3, -0.25) is 10.1 Å². The number of nitro benzene ring substituents is 1. The molecule has 7 nitrogen and oxygen atoms in total. The Hall–Kier alpha value is -1.67. The lowest BCUT2D eigenvalue weighted by Crippen LogP contribution is -2.36. The smallest absolute Gasteiger partial charge is 0.407 e. The van der Waals surface area contributed by atoms with Crippen LogP contribution in [0.15, 0.2) is 22.7 Å². The quantitative estimate of drug-likeness (QED) is 0.454. The second-order valence-corrected chi connectivity index (χ2v) is 6.50. The fraction of sp³-hybridized carbons (Fsp3) is 0.500. The second kappa shape index (κ2) is 8.09. The number of carbonyl (C=O) groups excluding carboxylic acids is 1. The van der Waals surface area contributed by atoms with Crippen molar-refractivity contribution in [3.05, 3.63) is 38.3 Å². The average Bonchev–Trinajstić information content (AvgIpc) is 2.37. The van der Waals surface area contributed by atoms with Gasteiger partial charge >= 0.3 is 6.09 Å². The normalized spacial score (nSPS) is 11.1. The zero-order valence-corrected chi connectivity index (χ0v) is 14.4. The fourth-order valence-electron chi connectivity index (χ4n) is 1.61. The van der Waals surface area contributed by atoms with Gasteiger partial charge in [0, 0.05) is 25.7 Å². The van der Waals surface area contributed by atoms with E-state index in [1.165, 1.54) is 6.07 Å². The highest BCUT2D eigenvalue weighted by molar-refractivity contribution is 9.10. The van der Waals surface area contributed by atoms with Crippen molar-refractivity contribution in [1.82, 2.24) is 10.6 Å². The molecule has 0 aliphatic rings. The van der Waals surface area contributed by atoms with Gasteiger partial charge in [-0.05, 0) is 48.3 Å². The lowest BCUT2D eigenvalue weighted by Gasteiger charge is -2.19. The summed E-state index contributed by atoms with van der Waals surface area (Å²) < 4.78 is 5.55. The number of nitrogens with zero attached hydrogens (tertiary/aromatic N) is 1. The number of carbonyl (C=O) groups is 1. The largest absolute Gasteiger partial charge is 0.444 e. The Morgan fingerprint density at radius 3 is 2.64 bits per heavy atom. The van der Waals surface area contributed by atoms with Crippen LogP contribution >= 0.6 is 15.9 Å². The third kappa shape index (κ3) is 6.86. The molecular weight excluding hydrogens is 354 g/mol. The summed E-state index contributed by atoms with van der Waals surface area (Å²) in [5.74, 6) is 0. The molecule has 22 heavy (non-hydrogen) atoms. The van der Waals surface area contributed by atoms with Gasteiger partial charge in [0.2, 0.25) is 0 Å². The number of hydrogen-bond acceptors (Lipinski definition) is 5. The number of benzene rings is 1. The number of halogens is 1. The van der Waals surface area contributed by atoms with E-state index in [2.05, 4.69) is 26.6 Å². The molecule has 0 saturated heterocycles. The molecule has 1 aromatic rings. The Bertz CT molecular complexity index is 543. The molecule has 8 heteroatoms. The number of amides is 1. The molecule has 1 rings (SSSR count). The van der Waals surface area contributed by atoms with E-state index >= 15 is 0 Å². The molecule has 122 valence electrons. The Kier molecular flexibility index (Phi) is 6.76. The number of nitrogens with one attached hydrogen (secondary N) is 2. The standard InChI is InChI=1S/C14H20BrN3O4/c1-14(2,3)22-13(19)17-7-6-16-9-10-4-5-11(15)12(8-10)18(20)21/h4-5,8,16H,6-7,9H2,1-3H3,(H,17,19). The van der Waals surface area contributed by atoms with Crippen molar-refractivity contribution in [3.63, 3.8) is 0 Å². The zero-order chi connectivity index (χ0) is 16.8. The van der Waals surface area contributed by atoms with Crippen LogP contribution in [0.25, 0.3) is 0 Å². The van der Waals surface area contributed by atoms with Crippen LogP contribution in [0.1, 0.15) is 26.3 Å². The van der Waals surface area contributed by atoms with Crippen LogP contribution in [0.5, 0.6) is 0 Å². The van der Waals surface area contributed by atoms with Crippen molar-refractivity contribution in [1.29, 1.82) is 0 Å². The van der Waals surface area contributed by atoms with E-state index in [9.17, 15) is 14.9 Å². The second-order valence-electron chi connectivity index (χ2n) is 5.65. The van der Waals surface area contributed by atoms with E-state index < -0.39 is 16.6 Å². The summed E-state index contributed by atoms with van der Waals surface area (Å²) in [6.45, 7) is 6.81. The van der Waals surface area contributed by atoms with Crippen molar-refractivity contribution >= 4 is 27.7 Å². The molecule has 2 N–H and O–H groups in total. The van der Waals surface area contributed by atoms with E-state index in [-0.39, 0.29) is 5.69 Å². The van der Waals surface area contributed by atoms with Crippen molar-refractivity contribution in [2.75, 3.05) is 13.1 Å². The van der Waals surface area contributed by atoms with E-state index in [1.54, 1.807) is 32.9 Å². The zero-order valence-electron chi connectivity index (χ0n) is 12.8. The van der Waals surface area contributed by atoms with Crippen molar-refractivity contribution in [2.45, 2.75) is 32.9 Å². The van der Waals surface area contributed by atoms with Crippen LogP contribution < -0.4 is 10.6 Å². The minimum absolute atomic E-state index is 0.0335. The molecule has 0 fully saturated rings. The van der Waals surface area contributed by atoms with E-state index in [0.717, 1.165) is 5.56 Å². The number of alkyl carbamates (subject to hydrolysis) is 1. The van der Waals surface area contributed by atoms with Gasteiger partial charge in [-0.1, -0.05) is 6.07 Å². The number of nitro groups is 1. The molecule has 0 unspecified atom stereocenters. The van der Waals surface area contributed by atoms with E-state index in [0.29, 0.717) is 24.1 Å². The molecule has 0 heterocycles. The molecular formula is C14H20BrN3O4. The average molecular weight is 374 g/mol. The molecule has 0 atom stereocenters. The first kappa shape index (κ1) is 18.4. The summed E-state index contributed by atoms with van der Waals surface area (Å²) in [5, 5.41) is 16.6. The van der Waals surface area contributed by atoms with Crippen LogP contribution in [-0.4, -0.2) is 29.7 Å². The Labute approximate surface area is 137 Å². The Morgan fingerprint density at radius 2 is 2.05 bits per heavy atom. The monoisotopic (exact) mass is 373 g/mol. The highest BCUT2D eigenvalue weighted by atomic mass is 79.9. The number of ether oxygens (including phenoxy) is 1. The van der Waals surface area contributed by atoms with Gasteiger partial charge < -0.3 is 15.4 Å². The first-order valence-electron chi connectivity index (χ1n) is 6.79. The summed E-state index contributed by atoms with van der Waals surface area (Å²) in [6.07, 6.45) is -0.464. The summed E-state index contributed by atoms with van der Waals surface area (Å²) in [7, 11) is 0. The highest BCUT2D eigenvalue weighted by Gasteiger charge is 2.15. The van der Waals surface area contributed by atoms with Crippen LogP contribution in [0.4, 0.5) is 10.5 Å². The van der Waals surface area contributed by atoms with Gasteiger partial charge in [0.25, 0.3) is 5.69 Å². The highest BCUT2D eigenvalue weighted by Crippen LogP contribution is 2.25. The molecule has 1 aromatic carbocycles. The number of hydrogen-bond donors (Lipinski definition) is 2. The van der Waals surface area contributed by atoms with Crippen LogP contribution in [0.3, 0.4) is 0 Å². The van der Waals surface area contributed by atoms with E-state index in [1.807, 2.05) is 0 Å². The fourth-order valence-corrected chi connectivity index (χ4v) is 2.00. The SMILES string of the molecule is CC(C)(C)OC(=O)NCCNCc1ccc(Br)c([N+](=O)[O-])c1. The molecule has 0 saturated carbocycles. The molecule has 0 aliphatic carbocycles. The van der Waals surface area contributed by atoms with Gasteiger partial charge in [0.15, 0.2) is 0 Å². The first-order valence-corrected chi connectivity index (χ1v) is 7.59. The predicted octanol–water partition coefficient (Wildman–Crippen LogP) is 2.97. The topological polar surface area (TPSA) is 93.5 Å². The minimum atomic E-state index is -0.520. The van der Waals surface area contributed by atoms with Gasteiger partial charge in [-0.25, -0.2) is 4.79 Å². The molecule has 0 aromatic heterocycles. The van der Waals surface area contributed by atoms with Gasteiger partial charge in [-0.2, -0.15) is 0 Å². The summed E-state index contributed by atoms with van der Waals surface area (Å²) in [6, 6.07) is 4.96. The maximum atomic E-state index is 11.4. The van der Waals surface area contributed by atoms with E-state index in [4.69, 9.17) is 4.74 Å². The molecule has 0 radical (unpaired) electrons. The predicted molar refractivity (Wildman–Crippen MR) is 86.7 cm³/mol. The van der Waals surface area contributed by atoms with Crippen LogP contribution in [0.2, 0.25) is 0 Å². The van der Waals surface area contributed by atoms with Crippen LogP contribution in [0, 0.1) is 10.1 Å². The summed E-state index contributed by atoms with van der Waals surface area (Å²) in [5.41, 5.74) is 0.312. The van der Waals surface area contributed by atoms with Crippen LogP contribution in [-0.2, 0) is 11.3 Å². The third-order valence-electron chi connectivity index (χ3n) is 2.51. The number of rotatable bonds is 6. The lowest BCUT2D eigenvalue weighted by molar-refractivity contribution is -0.385. The lowest BCUT2D eigenvalue weighted by atomic mass is 10.2. The van der Waals surface area contributed by atoms with Crippen molar-refractivity contribution in [3.8, 4) is 0 Å².